The summed E-state index contributed by atoms with van der Waals surface area (Å²) in [5, 5.41) is 2.43. The Balaban J connectivity index is 1.82. The molecule has 4 atom stereocenters. The lowest BCUT2D eigenvalue weighted by Gasteiger charge is -2.29. The summed E-state index contributed by atoms with van der Waals surface area (Å²) in [6.45, 7) is 7.54. The van der Waals surface area contributed by atoms with E-state index in [1.807, 2.05) is 0 Å². The van der Waals surface area contributed by atoms with Crippen LogP contribution < -0.4 is 10.1 Å². The van der Waals surface area contributed by atoms with E-state index in [0.29, 0.717) is 5.56 Å². The van der Waals surface area contributed by atoms with E-state index in [-0.39, 0.29) is 23.6 Å². The van der Waals surface area contributed by atoms with Crippen molar-refractivity contribution in [2.75, 3.05) is 6.61 Å². The lowest BCUT2D eigenvalue weighted by Crippen LogP contribution is -2.47. The summed E-state index contributed by atoms with van der Waals surface area (Å²) in [6.07, 6.45) is 0.792. The zero-order chi connectivity index (χ0) is 28.0. The van der Waals surface area contributed by atoms with Crippen molar-refractivity contribution in [3.8, 4) is 5.75 Å². The molecule has 0 bridgehead atoms. The minimum Gasteiger partial charge on any atom is -0.463 e. The van der Waals surface area contributed by atoms with E-state index >= 15 is 0 Å². The average Bonchev–Trinajstić information content (AvgIpc) is 3.42. The first-order chi connectivity index (χ1) is 18.0. The van der Waals surface area contributed by atoms with Gasteiger partial charge in [-0.1, -0.05) is 20.8 Å². The number of aromatic nitrogens is 1. The number of hydrogen-bond donors (Lipinski definition) is 1. The Bertz CT molecular complexity index is 1190. The number of carbonyl (C=O) groups excluding carboxylic acids is 5. The molecule has 1 N–H and O–H groups in total. The maximum atomic E-state index is 13.1. The van der Waals surface area contributed by atoms with Gasteiger partial charge >= 0.3 is 23.9 Å². The lowest BCUT2D eigenvalue weighted by molar-refractivity contribution is -0.176. The Hall–Kier alpha value is -4.22. The molecule has 0 saturated carbocycles. The molecule has 1 aliphatic rings. The highest BCUT2D eigenvalue weighted by atomic mass is 16.6. The molecule has 0 radical (unpaired) electrons. The molecular weight excluding hydrogens is 500 g/mol. The minimum absolute atomic E-state index is 0.0847. The summed E-state index contributed by atoms with van der Waals surface area (Å²) >= 11 is 0. The fourth-order valence-corrected chi connectivity index (χ4v) is 3.68. The van der Waals surface area contributed by atoms with Crippen LogP contribution in [0.15, 0.2) is 35.1 Å². The first-order valence-corrected chi connectivity index (χ1v) is 12.1. The van der Waals surface area contributed by atoms with Crippen molar-refractivity contribution in [3.63, 3.8) is 0 Å². The Kier molecular flexibility index (Phi) is 9.21. The second-order valence-corrected chi connectivity index (χ2v) is 9.04. The standard InChI is InChI=1S/C26H30N2O10/c1-6-16-21(38-23(30)13(2)3)15(5)36-25(32)17(12-35-24(16)31)28-22(29)19-20(14(4)9-10-27-19)37-26(33)18-8-7-11-34-18/h7-11,13,15-17,21H,6,12H2,1-5H3,(H,28,29)/t15-,16+,17-,21-/m0/s1. The summed E-state index contributed by atoms with van der Waals surface area (Å²) < 4.78 is 26.7. The van der Waals surface area contributed by atoms with E-state index in [2.05, 4.69) is 10.3 Å². The SMILES string of the molecule is CC[C@H]1C(=O)OC[C@H](NC(=O)c2nccc(C)c2OC(=O)c2ccco2)C(=O)O[C@@H](C)[C@@H]1OC(=O)C(C)C. The second kappa shape index (κ2) is 12.3. The van der Waals surface area contributed by atoms with Crippen molar-refractivity contribution in [1.82, 2.24) is 10.3 Å². The number of carbonyl (C=O) groups is 5. The molecule has 1 amide bonds. The maximum absolute atomic E-state index is 13.1. The van der Waals surface area contributed by atoms with Gasteiger partial charge in [-0.05, 0) is 44.0 Å². The lowest BCUT2D eigenvalue weighted by atomic mass is 9.95. The van der Waals surface area contributed by atoms with Gasteiger partial charge in [-0.25, -0.2) is 14.6 Å². The molecule has 38 heavy (non-hydrogen) atoms. The number of esters is 4. The van der Waals surface area contributed by atoms with Gasteiger partial charge in [0.2, 0.25) is 5.76 Å². The number of pyridine rings is 1. The largest absolute Gasteiger partial charge is 0.463 e. The molecule has 3 heterocycles. The van der Waals surface area contributed by atoms with Crippen molar-refractivity contribution in [1.29, 1.82) is 0 Å². The van der Waals surface area contributed by atoms with E-state index in [0.717, 1.165) is 0 Å². The third kappa shape index (κ3) is 6.55. The predicted molar refractivity (Wildman–Crippen MR) is 129 cm³/mol. The van der Waals surface area contributed by atoms with E-state index in [4.69, 9.17) is 23.4 Å². The summed E-state index contributed by atoms with van der Waals surface area (Å²) in [7, 11) is 0. The number of amides is 1. The van der Waals surface area contributed by atoms with Crippen LogP contribution in [-0.2, 0) is 28.6 Å². The second-order valence-electron chi connectivity index (χ2n) is 9.04. The quantitative estimate of drug-likeness (QED) is 0.413. The van der Waals surface area contributed by atoms with E-state index in [9.17, 15) is 24.0 Å². The van der Waals surface area contributed by atoms with Crippen LogP contribution in [0.25, 0.3) is 0 Å². The molecule has 0 unspecified atom stereocenters. The fraction of sp³-hybridized carbons (Fsp3) is 0.462. The van der Waals surface area contributed by atoms with Crippen LogP contribution in [0, 0.1) is 18.8 Å². The number of ether oxygens (including phenoxy) is 4. The summed E-state index contributed by atoms with van der Waals surface area (Å²) in [5.41, 5.74) is 0.134. The van der Waals surface area contributed by atoms with Gasteiger partial charge in [0, 0.05) is 6.20 Å². The van der Waals surface area contributed by atoms with Gasteiger partial charge in [0.25, 0.3) is 5.91 Å². The Labute approximate surface area is 219 Å². The summed E-state index contributed by atoms with van der Waals surface area (Å²) in [6, 6.07) is 3.01. The number of rotatable bonds is 7. The van der Waals surface area contributed by atoms with Gasteiger partial charge in [-0.2, -0.15) is 0 Å². The van der Waals surface area contributed by atoms with Gasteiger partial charge in [0.05, 0.1) is 18.1 Å². The van der Waals surface area contributed by atoms with Crippen LogP contribution in [0.4, 0.5) is 0 Å². The van der Waals surface area contributed by atoms with Gasteiger partial charge < -0.3 is 28.7 Å². The van der Waals surface area contributed by atoms with Gasteiger partial charge in [0.1, 0.15) is 12.7 Å². The number of furan rings is 1. The highest BCUT2D eigenvalue weighted by Gasteiger charge is 2.41. The molecule has 204 valence electrons. The molecule has 12 heteroatoms. The van der Waals surface area contributed by atoms with Crippen LogP contribution in [0.2, 0.25) is 0 Å². The van der Waals surface area contributed by atoms with Crippen LogP contribution in [-0.4, -0.2) is 59.6 Å². The van der Waals surface area contributed by atoms with Crippen molar-refractivity contribution in [2.45, 2.75) is 59.3 Å². The molecule has 3 rings (SSSR count). The van der Waals surface area contributed by atoms with Crippen molar-refractivity contribution >= 4 is 29.8 Å². The molecule has 0 aromatic carbocycles. The van der Waals surface area contributed by atoms with Crippen molar-refractivity contribution in [2.24, 2.45) is 11.8 Å². The normalized spacial score (nSPS) is 21.8. The first-order valence-electron chi connectivity index (χ1n) is 12.1. The molecule has 1 saturated heterocycles. The summed E-state index contributed by atoms with van der Waals surface area (Å²) in [4.78, 5) is 67.6. The predicted octanol–water partition coefficient (Wildman–Crippen LogP) is 2.38. The molecule has 0 aliphatic carbocycles. The molecule has 2 aromatic heterocycles. The van der Waals surface area contributed by atoms with E-state index in [1.165, 1.54) is 37.6 Å². The monoisotopic (exact) mass is 530 g/mol. The Morgan fingerprint density at radius 1 is 1.18 bits per heavy atom. The maximum Gasteiger partial charge on any atom is 0.379 e. The van der Waals surface area contributed by atoms with Crippen LogP contribution in [0.3, 0.4) is 0 Å². The van der Waals surface area contributed by atoms with E-state index in [1.54, 1.807) is 27.7 Å². The average molecular weight is 531 g/mol. The smallest absolute Gasteiger partial charge is 0.379 e. The van der Waals surface area contributed by atoms with Crippen molar-refractivity contribution < 1.29 is 47.3 Å². The molecule has 2 aromatic rings. The zero-order valence-corrected chi connectivity index (χ0v) is 21.7. The number of nitrogens with zero attached hydrogens (tertiary/aromatic N) is 1. The topological polar surface area (TPSA) is 160 Å². The molecule has 0 spiro atoms. The van der Waals surface area contributed by atoms with Gasteiger partial charge in [0.15, 0.2) is 23.6 Å². The van der Waals surface area contributed by atoms with Gasteiger partial charge in [-0.3, -0.25) is 14.4 Å². The van der Waals surface area contributed by atoms with E-state index < -0.39 is 66.5 Å². The van der Waals surface area contributed by atoms with Gasteiger partial charge in [-0.15, -0.1) is 0 Å². The summed E-state index contributed by atoms with van der Waals surface area (Å²) in [5.74, 6) is -5.49. The number of cyclic esters (lactones) is 2. The van der Waals surface area contributed by atoms with Crippen molar-refractivity contribution in [3.05, 3.63) is 47.7 Å². The minimum atomic E-state index is -1.41. The molecule has 12 nitrogen and oxygen atoms in total. The highest BCUT2D eigenvalue weighted by molar-refractivity contribution is 5.99. The number of hydrogen-bond acceptors (Lipinski definition) is 11. The fourth-order valence-electron chi connectivity index (χ4n) is 3.68. The third-order valence-corrected chi connectivity index (χ3v) is 5.84. The Morgan fingerprint density at radius 2 is 1.92 bits per heavy atom. The first kappa shape index (κ1) is 28.4. The number of aryl methyl sites for hydroxylation is 1. The Morgan fingerprint density at radius 3 is 2.55 bits per heavy atom. The molecular formula is C26H30N2O10. The highest BCUT2D eigenvalue weighted by Crippen LogP contribution is 2.25. The third-order valence-electron chi connectivity index (χ3n) is 5.84. The molecule has 1 aliphatic heterocycles. The van der Waals surface area contributed by atoms with Crippen LogP contribution in [0.5, 0.6) is 5.75 Å². The van der Waals surface area contributed by atoms with Crippen LogP contribution >= 0.6 is 0 Å². The molecule has 1 fully saturated rings. The van der Waals surface area contributed by atoms with Crippen LogP contribution in [0.1, 0.15) is 60.7 Å². The number of nitrogens with one attached hydrogen (secondary N) is 1. The zero-order valence-electron chi connectivity index (χ0n) is 21.7.